The van der Waals surface area contributed by atoms with Crippen molar-refractivity contribution in [2.24, 2.45) is 5.73 Å². The first-order valence-corrected chi connectivity index (χ1v) is 9.86. The number of rotatable bonds is 5. The molecule has 0 saturated heterocycles. The van der Waals surface area contributed by atoms with Crippen molar-refractivity contribution < 1.29 is 22.3 Å². The number of ether oxygens (including phenoxy) is 1. The number of sulfone groups is 1. The van der Waals surface area contributed by atoms with Crippen LogP contribution in [-0.2, 0) is 19.4 Å². The molecule has 1 saturated carbocycles. The summed E-state index contributed by atoms with van der Waals surface area (Å²) in [4.78, 5) is 12.4. The van der Waals surface area contributed by atoms with Crippen LogP contribution >= 0.6 is 11.6 Å². The Balaban J connectivity index is 2.06. The molecular formula is C18H17ClFNO4S. The third-order valence-corrected chi connectivity index (χ3v) is 7.03. The van der Waals surface area contributed by atoms with Gasteiger partial charge in [-0.05, 0) is 48.9 Å². The van der Waals surface area contributed by atoms with Crippen molar-refractivity contribution in [1.29, 1.82) is 0 Å². The van der Waals surface area contributed by atoms with Crippen molar-refractivity contribution in [3.63, 3.8) is 0 Å². The number of nitrogens with two attached hydrogens (primary N) is 1. The molecule has 8 heteroatoms. The van der Waals surface area contributed by atoms with Gasteiger partial charge in [-0.25, -0.2) is 17.6 Å². The van der Waals surface area contributed by atoms with Crippen molar-refractivity contribution in [1.82, 2.24) is 0 Å². The molecule has 2 N–H and O–H groups in total. The van der Waals surface area contributed by atoms with Crippen molar-refractivity contribution in [2.45, 2.75) is 28.5 Å². The molecule has 138 valence electrons. The first kappa shape index (κ1) is 18.8. The Morgan fingerprint density at radius 1 is 1.19 bits per heavy atom. The predicted molar refractivity (Wildman–Crippen MR) is 95.1 cm³/mol. The second-order valence-corrected chi connectivity index (χ2v) is 8.61. The summed E-state index contributed by atoms with van der Waals surface area (Å²) in [6.07, 6.45) is 0. The maximum absolute atomic E-state index is 13.2. The molecule has 0 radical (unpaired) electrons. The second-order valence-electron chi connectivity index (χ2n) is 6.10. The molecule has 0 unspecified atom stereocenters. The Kier molecular flexibility index (Phi) is 4.81. The molecule has 26 heavy (non-hydrogen) atoms. The lowest BCUT2D eigenvalue weighted by atomic mass is 10.1. The molecule has 0 bridgehead atoms. The Bertz CT molecular complexity index is 931. The molecule has 1 aliphatic rings. The molecule has 3 atom stereocenters. The largest absolute Gasteiger partial charge is 0.465 e. The lowest BCUT2D eigenvalue weighted by Gasteiger charge is -2.11. The molecule has 0 amide bonds. The number of benzene rings is 2. The Hall–Kier alpha value is -1.96. The fourth-order valence-corrected chi connectivity index (χ4v) is 5.55. The minimum absolute atomic E-state index is 0.00985. The van der Waals surface area contributed by atoms with Crippen molar-refractivity contribution in [2.75, 3.05) is 6.61 Å². The van der Waals surface area contributed by atoms with Crippen molar-refractivity contribution in [3.05, 3.63) is 64.9 Å². The van der Waals surface area contributed by atoms with E-state index in [9.17, 15) is 17.6 Å². The highest BCUT2D eigenvalue weighted by molar-refractivity contribution is 7.92. The fraction of sp³-hybridized carbons (Fsp3) is 0.278. The Morgan fingerprint density at radius 3 is 2.31 bits per heavy atom. The zero-order chi connectivity index (χ0) is 19.1. The van der Waals surface area contributed by atoms with Gasteiger partial charge in [-0.15, -0.1) is 0 Å². The normalized spacial score (nSPS) is 24.9. The Labute approximate surface area is 155 Å². The van der Waals surface area contributed by atoms with Crippen LogP contribution in [0.1, 0.15) is 18.4 Å². The highest BCUT2D eigenvalue weighted by Crippen LogP contribution is 2.56. The minimum atomic E-state index is -3.94. The summed E-state index contributed by atoms with van der Waals surface area (Å²) < 4.78 is 44.4. The highest BCUT2D eigenvalue weighted by atomic mass is 35.5. The van der Waals surface area contributed by atoms with E-state index in [0.717, 1.165) is 0 Å². The maximum atomic E-state index is 13.2. The van der Waals surface area contributed by atoms with Crippen LogP contribution in [0.5, 0.6) is 0 Å². The molecule has 1 fully saturated rings. The van der Waals surface area contributed by atoms with E-state index >= 15 is 0 Å². The van der Waals surface area contributed by atoms with Gasteiger partial charge < -0.3 is 10.5 Å². The van der Waals surface area contributed by atoms with Gasteiger partial charge in [0.25, 0.3) is 0 Å². The number of hydrogen-bond acceptors (Lipinski definition) is 5. The van der Waals surface area contributed by atoms with Crippen LogP contribution in [0.2, 0.25) is 5.02 Å². The standard InChI is InChI=1S/C18H17ClFNO4S/c1-2-25-17(22)18(21)15(11-3-7-13(20)8-4-11)16(18)26(23,24)14-9-5-12(19)6-10-14/h3-10,15-16H,2,21H2,1H3/t15-,16+,18-/m0/s1. The maximum Gasteiger partial charge on any atom is 0.328 e. The number of esters is 1. The summed E-state index contributed by atoms with van der Waals surface area (Å²) in [5.41, 5.74) is 4.95. The van der Waals surface area contributed by atoms with E-state index < -0.39 is 38.3 Å². The summed E-state index contributed by atoms with van der Waals surface area (Å²) >= 11 is 5.81. The average Bonchev–Trinajstić information content (AvgIpc) is 3.25. The van der Waals surface area contributed by atoms with E-state index in [1.165, 1.54) is 48.5 Å². The molecule has 0 aliphatic heterocycles. The highest BCUT2D eigenvalue weighted by Gasteiger charge is 2.74. The molecule has 2 aromatic carbocycles. The zero-order valence-electron chi connectivity index (χ0n) is 13.9. The lowest BCUT2D eigenvalue weighted by Crippen LogP contribution is -2.41. The van der Waals surface area contributed by atoms with E-state index in [4.69, 9.17) is 22.1 Å². The summed E-state index contributed by atoms with van der Waals surface area (Å²) in [5.74, 6) is -2.09. The van der Waals surface area contributed by atoms with Crippen molar-refractivity contribution in [3.8, 4) is 0 Å². The van der Waals surface area contributed by atoms with Gasteiger partial charge in [0.15, 0.2) is 9.84 Å². The fourth-order valence-electron chi connectivity index (χ4n) is 3.20. The monoisotopic (exact) mass is 397 g/mol. The van der Waals surface area contributed by atoms with E-state index in [0.29, 0.717) is 10.6 Å². The molecular weight excluding hydrogens is 381 g/mol. The third kappa shape index (κ3) is 3.00. The SMILES string of the molecule is CCOC(=O)[C@@]1(N)[C@H](S(=O)(=O)c2ccc(Cl)cc2)[C@@H]1c1ccc(F)cc1. The van der Waals surface area contributed by atoms with E-state index in [1.807, 2.05) is 0 Å². The number of hydrogen-bond donors (Lipinski definition) is 1. The number of carbonyl (C=O) groups is 1. The first-order chi connectivity index (χ1) is 12.2. The predicted octanol–water partition coefficient (Wildman–Crippen LogP) is 2.68. The average molecular weight is 398 g/mol. The smallest absolute Gasteiger partial charge is 0.328 e. The summed E-state index contributed by atoms with van der Waals surface area (Å²) in [7, 11) is -3.94. The van der Waals surface area contributed by atoms with Crippen LogP contribution < -0.4 is 5.73 Å². The molecule has 3 rings (SSSR count). The first-order valence-electron chi connectivity index (χ1n) is 7.94. The van der Waals surface area contributed by atoms with Gasteiger partial charge >= 0.3 is 5.97 Å². The Morgan fingerprint density at radius 2 is 1.77 bits per heavy atom. The van der Waals surface area contributed by atoms with Gasteiger partial charge in [-0.2, -0.15) is 0 Å². The molecule has 0 spiro atoms. The van der Waals surface area contributed by atoms with E-state index in [1.54, 1.807) is 6.92 Å². The van der Waals surface area contributed by atoms with Crippen LogP contribution in [0.15, 0.2) is 53.4 Å². The lowest BCUT2D eigenvalue weighted by molar-refractivity contribution is -0.145. The van der Waals surface area contributed by atoms with Crippen LogP contribution in [0, 0.1) is 5.82 Å². The second kappa shape index (κ2) is 6.64. The van der Waals surface area contributed by atoms with E-state index in [2.05, 4.69) is 0 Å². The number of halogens is 2. The van der Waals surface area contributed by atoms with Gasteiger partial charge in [-0.1, -0.05) is 23.7 Å². The summed E-state index contributed by atoms with van der Waals surface area (Å²) in [6.45, 7) is 1.68. The van der Waals surface area contributed by atoms with Crippen LogP contribution in [0.25, 0.3) is 0 Å². The topological polar surface area (TPSA) is 86.5 Å². The van der Waals surface area contributed by atoms with Gasteiger partial charge in [0.1, 0.15) is 16.6 Å². The molecule has 0 heterocycles. The van der Waals surface area contributed by atoms with Crippen LogP contribution in [0.3, 0.4) is 0 Å². The summed E-state index contributed by atoms with van der Waals surface area (Å²) in [6, 6.07) is 10.9. The van der Waals surface area contributed by atoms with Gasteiger partial charge in [0.05, 0.1) is 11.5 Å². The molecule has 0 aromatic heterocycles. The molecule has 5 nitrogen and oxygen atoms in total. The van der Waals surface area contributed by atoms with Gasteiger partial charge in [0.2, 0.25) is 0 Å². The van der Waals surface area contributed by atoms with Crippen LogP contribution in [0.4, 0.5) is 4.39 Å². The zero-order valence-corrected chi connectivity index (χ0v) is 15.4. The quantitative estimate of drug-likeness (QED) is 0.784. The van der Waals surface area contributed by atoms with Gasteiger partial charge in [-0.3, -0.25) is 0 Å². The minimum Gasteiger partial charge on any atom is -0.465 e. The van der Waals surface area contributed by atoms with E-state index in [-0.39, 0.29) is 11.5 Å². The summed E-state index contributed by atoms with van der Waals surface area (Å²) in [5, 5.41) is -0.820. The number of carbonyl (C=O) groups excluding carboxylic acids is 1. The van der Waals surface area contributed by atoms with Gasteiger partial charge in [0, 0.05) is 10.9 Å². The van der Waals surface area contributed by atoms with Crippen molar-refractivity contribution >= 4 is 27.4 Å². The molecule has 2 aromatic rings. The molecule has 1 aliphatic carbocycles. The third-order valence-electron chi connectivity index (χ3n) is 4.51. The van der Waals surface area contributed by atoms with Crippen LogP contribution in [-0.4, -0.2) is 31.8 Å².